The van der Waals surface area contributed by atoms with Crippen LogP contribution in [0.3, 0.4) is 0 Å². The van der Waals surface area contributed by atoms with E-state index in [1.807, 2.05) is 11.8 Å². The molecule has 55 valence electrons. The van der Waals surface area contributed by atoms with Gasteiger partial charge in [0.2, 0.25) is 0 Å². The normalized spacial score (nSPS) is 10.7. The van der Waals surface area contributed by atoms with Crippen LogP contribution in [0.4, 0.5) is 0 Å². The van der Waals surface area contributed by atoms with E-state index in [0.717, 1.165) is 12.3 Å². The zero-order valence-corrected chi connectivity index (χ0v) is 7.34. The summed E-state index contributed by atoms with van der Waals surface area (Å²) >= 11 is 2.05. The van der Waals surface area contributed by atoms with E-state index in [-0.39, 0.29) is 0 Å². The molecule has 0 aliphatic rings. The quantitative estimate of drug-likeness (QED) is 0.536. The van der Waals surface area contributed by atoms with E-state index in [1.165, 1.54) is 17.9 Å². The summed E-state index contributed by atoms with van der Waals surface area (Å²) in [7, 11) is 0. The Morgan fingerprint density at radius 3 is 2.56 bits per heavy atom. The maximum absolute atomic E-state index is 3.79. The minimum atomic E-state index is 0.847. The zero-order valence-electron chi connectivity index (χ0n) is 6.52. The first-order valence-corrected chi connectivity index (χ1v) is 4.79. The molecule has 0 aromatic carbocycles. The van der Waals surface area contributed by atoms with E-state index in [1.54, 1.807) is 0 Å². The number of hydrogen-bond acceptors (Lipinski definition) is 1. The van der Waals surface area contributed by atoms with Gasteiger partial charge in [0.1, 0.15) is 0 Å². The molecule has 0 saturated heterocycles. The molecule has 0 atom stereocenters. The first kappa shape index (κ1) is 9.35. The molecule has 0 aliphatic heterocycles. The highest BCUT2D eigenvalue weighted by molar-refractivity contribution is 7.99. The van der Waals surface area contributed by atoms with Gasteiger partial charge in [0.25, 0.3) is 0 Å². The van der Waals surface area contributed by atoms with Crippen molar-refractivity contribution in [3.05, 3.63) is 6.92 Å². The zero-order chi connectivity index (χ0) is 7.11. The fourth-order valence-electron chi connectivity index (χ4n) is 0.523. The second kappa shape index (κ2) is 6.47. The van der Waals surface area contributed by atoms with E-state index < -0.39 is 0 Å². The molecule has 0 aromatic heterocycles. The third kappa shape index (κ3) is 8.35. The molecule has 0 aromatic rings. The highest BCUT2D eigenvalue weighted by Crippen LogP contribution is 2.08. The van der Waals surface area contributed by atoms with Crippen molar-refractivity contribution in [2.24, 2.45) is 5.92 Å². The van der Waals surface area contributed by atoms with Crippen molar-refractivity contribution in [3.8, 4) is 0 Å². The van der Waals surface area contributed by atoms with Crippen molar-refractivity contribution in [2.45, 2.75) is 26.7 Å². The maximum atomic E-state index is 3.79. The van der Waals surface area contributed by atoms with E-state index in [4.69, 9.17) is 0 Å². The third-order valence-electron chi connectivity index (χ3n) is 0.990. The Morgan fingerprint density at radius 1 is 1.44 bits per heavy atom. The van der Waals surface area contributed by atoms with Gasteiger partial charge in [0, 0.05) is 0 Å². The Hall–Kier alpha value is 0.350. The summed E-state index contributed by atoms with van der Waals surface area (Å²) in [4.78, 5) is 0. The van der Waals surface area contributed by atoms with Gasteiger partial charge in [0.05, 0.1) is 0 Å². The van der Waals surface area contributed by atoms with Gasteiger partial charge in [-0.2, -0.15) is 11.8 Å². The van der Waals surface area contributed by atoms with Crippen molar-refractivity contribution in [3.63, 3.8) is 0 Å². The van der Waals surface area contributed by atoms with Crippen LogP contribution in [0.2, 0.25) is 0 Å². The summed E-state index contributed by atoms with van der Waals surface area (Å²) in [5.74, 6) is 3.45. The predicted octanol–water partition coefficient (Wildman–Crippen LogP) is 2.99. The van der Waals surface area contributed by atoms with Crippen LogP contribution in [-0.4, -0.2) is 11.5 Å². The van der Waals surface area contributed by atoms with Crippen LogP contribution in [-0.2, 0) is 0 Å². The molecule has 0 saturated carbocycles. The van der Waals surface area contributed by atoms with Gasteiger partial charge in [-0.1, -0.05) is 27.2 Å². The molecule has 0 bridgehead atoms. The standard InChI is InChI=1S/C8H17S/c1-4-5-6-9-7-8(2)3/h8H,1,4-7H2,2-3H3. The summed E-state index contributed by atoms with van der Waals surface area (Å²) in [6, 6.07) is 0. The lowest BCUT2D eigenvalue weighted by atomic mass is 10.3. The van der Waals surface area contributed by atoms with Crippen LogP contribution in [0.15, 0.2) is 0 Å². The summed E-state index contributed by atoms with van der Waals surface area (Å²) in [5, 5.41) is 0. The summed E-state index contributed by atoms with van der Waals surface area (Å²) in [6.07, 6.45) is 2.36. The first-order chi connectivity index (χ1) is 4.27. The minimum absolute atomic E-state index is 0.847. The Kier molecular flexibility index (Phi) is 6.72. The van der Waals surface area contributed by atoms with Crippen molar-refractivity contribution in [1.29, 1.82) is 0 Å². The Balaban J connectivity index is 2.75. The number of thioether (sulfide) groups is 1. The van der Waals surface area contributed by atoms with Crippen LogP contribution in [0, 0.1) is 12.8 Å². The van der Waals surface area contributed by atoms with Gasteiger partial charge >= 0.3 is 0 Å². The third-order valence-corrected chi connectivity index (χ3v) is 2.47. The average molecular weight is 145 g/mol. The van der Waals surface area contributed by atoms with Gasteiger partial charge in [0.15, 0.2) is 0 Å². The SMILES string of the molecule is [CH2]CCCSCC(C)C. The van der Waals surface area contributed by atoms with E-state index >= 15 is 0 Å². The van der Waals surface area contributed by atoms with Crippen molar-refractivity contribution in [1.82, 2.24) is 0 Å². The largest absolute Gasteiger partial charge is 0.162 e. The summed E-state index contributed by atoms with van der Waals surface area (Å²) in [5.41, 5.74) is 0. The topological polar surface area (TPSA) is 0 Å². The fourth-order valence-corrected chi connectivity index (χ4v) is 1.57. The monoisotopic (exact) mass is 145 g/mol. The number of rotatable bonds is 5. The molecule has 0 unspecified atom stereocenters. The first-order valence-electron chi connectivity index (χ1n) is 3.64. The molecular weight excluding hydrogens is 128 g/mol. The average Bonchev–Trinajstić information content (AvgIpc) is 1.80. The van der Waals surface area contributed by atoms with Crippen LogP contribution in [0.25, 0.3) is 0 Å². The van der Waals surface area contributed by atoms with Crippen molar-refractivity contribution >= 4 is 11.8 Å². The Morgan fingerprint density at radius 2 is 2.11 bits per heavy atom. The molecule has 0 spiro atoms. The molecule has 0 aliphatic carbocycles. The van der Waals surface area contributed by atoms with E-state index in [9.17, 15) is 0 Å². The van der Waals surface area contributed by atoms with Crippen LogP contribution < -0.4 is 0 Å². The second-order valence-corrected chi connectivity index (χ2v) is 3.83. The lowest BCUT2D eigenvalue weighted by Gasteiger charge is -2.01. The summed E-state index contributed by atoms with van der Waals surface area (Å²) in [6.45, 7) is 8.31. The molecule has 1 heteroatoms. The smallest absolute Gasteiger partial charge is 0.00444 e. The van der Waals surface area contributed by atoms with Crippen molar-refractivity contribution in [2.75, 3.05) is 11.5 Å². The summed E-state index contributed by atoms with van der Waals surface area (Å²) < 4.78 is 0. The van der Waals surface area contributed by atoms with Crippen LogP contribution in [0.1, 0.15) is 26.7 Å². The molecule has 0 N–H and O–H groups in total. The Bertz CT molecular complexity index is 50.5. The van der Waals surface area contributed by atoms with E-state index in [2.05, 4.69) is 20.8 Å². The molecule has 0 amide bonds. The van der Waals surface area contributed by atoms with Gasteiger partial charge in [-0.15, -0.1) is 0 Å². The lowest BCUT2D eigenvalue weighted by molar-refractivity contribution is 0.749. The molecule has 1 radical (unpaired) electrons. The van der Waals surface area contributed by atoms with Crippen LogP contribution >= 0.6 is 11.8 Å². The molecule has 0 rings (SSSR count). The lowest BCUT2D eigenvalue weighted by Crippen LogP contribution is -1.91. The van der Waals surface area contributed by atoms with Gasteiger partial charge < -0.3 is 0 Å². The Labute approximate surface area is 63.4 Å². The second-order valence-electron chi connectivity index (χ2n) is 2.68. The fraction of sp³-hybridized carbons (Fsp3) is 0.875. The molecule has 0 fully saturated rings. The van der Waals surface area contributed by atoms with Gasteiger partial charge in [-0.3, -0.25) is 0 Å². The van der Waals surface area contributed by atoms with Gasteiger partial charge in [-0.05, 0) is 23.8 Å². The highest BCUT2D eigenvalue weighted by atomic mass is 32.2. The van der Waals surface area contributed by atoms with Crippen molar-refractivity contribution < 1.29 is 0 Å². The minimum Gasteiger partial charge on any atom is -0.162 e. The van der Waals surface area contributed by atoms with Gasteiger partial charge in [-0.25, -0.2) is 0 Å². The molecule has 9 heavy (non-hydrogen) atoms. The highest BCUT2D eigenvalue weighted by Gasteiger charge is 1.91. The maximum Gasteiger partial charge on any atom is -0.00444 e. The molecular formula is C8H17S. The molecule has 0 heterocycles. The number of unbranched alkanes of at least 4 members (excludes halogenated alkanes) is 1. The number of hydrogen-bond donors (Lipinski definition) is 0. The molecule has 0 nitrogen and oxygen atoms in total. The predicted molar refractivity (Wildman–Crippen MR) is 46.8 cm³/mol. The van der Waals surface area contributed by atoms with E-state index in [0.29, 0.717) is 0 Å². The van der Waals surface area contributed by atoms with Crippen LogP contribution in [0.5, 0.6) is 0 Å².